The Bertz CT molecular complexity index is 624. The van der Waals surface area contributed by atoms with Crippen molar-refractivity contribution in [3.63, 3.8) is 0 Å². The minimum absolute atomic E-state index is 0.0421. The van der Waals surface area contributed by atoms with Crippen molar-refractivity contribution in [1.82, 2.24) is 10.3 Å². The van der Waals surface area contributed by atoms with E-state index in [1.165, 1.54) is 11.3 Å². The average molecular weight is 294 g/mol. The van der Waals surface area contributed by atoms with Crippen LogP contribution in [0.2, 0.25) is 0 Å². The number of anilines is 1. The van der Waals surface area contributed by atoms with E-state index in [0.717, 1.165) is 11.2 Å². The van der Waals surface area contributed by atoms with E-state index in [-0.39, 0.29) is 16.7 Å². The van der Waals surface area contributed by atoms with Crippen LogP contribution in [0.15, 0.2) is 17.6 Å². The number of nitro groups is 1. The maximum atomic E-state index is 11.3. The van der Waals surface area contributed by atoms with Gasteiger partial charge in [-0.3, -0.25) is 10.1 Å². The lowest BCUT2D eigenvalue weighted by atomic mass is 10.2. The van der Waals surface area contributed by atoms with E-state index >= 15 is 0 Å². The molecule has 1 atom stereocenters. The number of rotatable bonds is 4. The smallest absolute Gasteiger partial charge is 0.319 e. The van der Waals surface area contributed by atoms with Gasteiger partial charge in [0.2, 0.25) is 0 Å². The molecule has 0 amide bonds. The highest BCUT2D eigenvalue weighted by Gasteiger charge is 2.21. The zero-order valence-electron chi connectivity index (χ0n) is 10.7. The molecule has 1 unspecified atom stereocenters. The summed E-state index contributed by atoms with van der Waals surface area (Å²) >= 11 is 1.40. The quantitative estimate of drug-likeness (QED) is 0.657. The number of aromatic nitrogens is 1. The standard InChI is InChI=1S/C12H14N4O3S/c17-16(18)12-9(1-2-10-11(12)15-7-20-10)14-5-8-6-19-4-3-13-8/h1-2,7-8,13-14H,3-6H2. The second-order valence-electron chi connectivity index (χ2n) is 4.52. The Hall–Kier alpha value is -1.77. The maximum Gasteiger partial charge on any atom is 0.319 e. The van der Waals surface area contributed by atoms with Gasteiger partial charge in [-0.05, 0) is 12.1 Å². The minimum Gasteiger partial charge on any atom is -0.378 e. The summed E-state index contributed by atoms with van der Waals surface area (Å²) in [5, 5.41) is 17.7. The molecule has 8 heteroatoms. The third-order valence-corrected chi connectivity index (χ3v) is 3.99. The van der Waals surface area contributed by atoms with E-state index in [1.54, 1.807) is 11.6 Å². The average Bonchev–Trinajstić information content (AvgIpc) is 2.93. The first-order valence-electron chi connectivity index (χ1n) is 6.31. The van der Waals surface area contributed by atoms with Crippen LogP contribution in [0.4, 0.5) is 11.4 Å². The summed E-state index contributed by atoms with van der Waals surface area (Å²) in [5.41, 5.74) is 2.61. The van der Waals surface area contributed by atoms with Crippen LogP contribution in [0.1, 0.15) is 0 Å². The van der Waals surface area contributed by atoms with Crippen LogP contribution in [0, 0.1) is 10.1 Å². The summed E-state index contributed by atoms with van der Waals surface area (Å²) in [7, 11) is 0. The molecule has 1 fully saturated rings. The number of thiazole rings is 1. The van der Waals surface area contributed by atoms with Gasteiger partial charge >= 0.3 is 5.69 Å². The minimum atomic E-state index is -0.380. The molecule has 1 aromatic heterocycles. The summed E-state index contributed by atoms with van der Waals surface area (Å²) in [4.78, 5) is 15.0. The van der Waals surface area contributed by atoms with Crippen LogP contribution in [0.5, 0.6) is 0 Å². The van der Waals surface area contributed by atoms with E-state index in [9.17, 15) is 10.1 Å². The van der Waals surface area contributed by atoms with Gasteiger partial charge in [0.15, 0.2) is 5.52 Å². The second-order valence-corrected chi connectivity index (χ2v) is 5.41. The first-order valence-corrected chi connectivity index (χ1v) is 7.19. The van der Waals surface area contributed by atoms with Crippen LogP contribution in [0.25, 0.3) is 10.2 Å². The largest absolute Gasteiger partial charge is 0.378 e. The van der Waals surface area contributed by atoms with Crippen molar-refractivity contribution >= 4 is 32.9 Å². The number of morpholine rings is 1. The number of ether oxygens (including phenoxy) is 1. The number of hydrogen-bond acceptors (Lipinski definition) is 7. The van der Waals surface area contributed by atoms with Crippen molar-refractivity contribution in [2.24, 2.45) is 0 Å². The number of nitrogens with zero attached hydrogens (tertiary/aromatic N) is 2. The molecule has 2 N–H and O–H groups in total. The fourth-order valence-corrected chi connectivity index (χ4v) is 2.91. The highest BCUT2D eigenvalue weighted by molar-refractivity contribution is 7.16. The Morgan fingerprint density at radius 3 is 3.25 bits per heavy atom. The molecule has 2 aromatic rings. The number of nitro benzene ring substituents is 1. The first-order chi connectivity index (χ1) is 9.75. The summed E-state index contributed by atoms with van der Waals surface area (Å²) in [5.74, 6) is 0. The summed E-state index contributed by atoms with van der Waals surface area (Å²) in [6.07, 6.45) is 0. The number of benzene rings is 1. The lowest BCUT2D eigenvalue weighted by Crippen LogP contribution is -2.45. The van der Waals surface area contributed by atoms with Gasteiger partial charge < -0.3 is 15.4 Å². The van der Waals surface area contributed by atoms with Gasteiger partial charge in [-0.1, -0.05) is 0 Å². The fraction of sp³-hybridized carbons (Fsp3) is 0.417. The molecule has 0 bridgehead atoms. The van der Waals surface area contributed by atoms with Gasteiger partial charge in [0, 0.05) is 19.1 Å². The molecule has 1 saturated heterocycles. The highest BCUT2D eigenvalue weighted by Crippen LogP contribution is 2.34. The molecule has 3 rings (SSSR count). The van der Waals surface area contributed by atoms with Crippen molar-refractivity contribution in [1.29, 1.82) is 0 Å². The van der Waals surface area contributed by atoms with Gasteiger partial charge in [-0.25, -0.2) is 4.98 Å². The first kappa shape index (κ1) is 13.2. The van der Waals surface area contributed by atoms with Crippen molar-refractivity contribution in [3.05, 3.63) is 27.8 Å². The van der Waals surface area contributed by atoms with Crippen LogP contribution >= 0.6 is 11.3 Å². The lowest BCUT2D eigenvalue weighted by molar-refractivity contribution is -0.382. The molecule has 0 spiro atoms. The van der Waals surface area contributed by atoms with E-state index in [4.69, 9.17) is 4.74 Å². The molecule has 1 aliphatic heterocycles. The molecule has 20 heavy (non-hydrogen) atoms. The molecule has 106 valence electrons. The molecule has 7 nitrogen and oxygen atoms in total. The molecule has 2 heterocycles. The highest BCUT2D eigenvalue weighted by atomic mass is 32.1. The van der Waals surface area contributed by atoms with Gasteiger partial charge in [0.05, 0.1) is 28.3 Å². The van der Waals surface area contributed by atoms with Crippen molar-refractivity contribution < 1.29 is 9.66 Å². The third kappa shape index (κ3) is 2.58. The molecular weight excluding hydrogens is 280 g/mol. The van der Waals surface area contributed by atoms with Crippen LogP contribution < -0.4 is 10.6 Å². The Morgan fingerprint density at radius 2 is 2.50 bits per heavy atom. The van der Waals surface area contributed by atoms with E-state index in [2.05, 4.69) is 15.6 Å². The monoisotopic (exact) mass is 294 g/mol. The zero-order valence-corrected chi connectivity index (χ0v) is 11.5. The number of nitrogens with one attached hydrogen (secondary N) is 2. The predicted octanol–water partition coefficient (Wildman–Crippen LogP) is 1.60. The molecule has 1 aliphatic rings. The van der Waals surface area contributed by atoms with Crippen LogP contribution in [-0.2, 0) is 4.74 Å². The maximum absolute atomic E-state index is 11.3. The Balaban J connectivity index is 1.82. The van der Waals surface area contributed by atoms with Crippen LogP contribution in [-0.4, -0.2) is 42.3 Å². The number of fused-ring (bicyclic) bond motifs is 1. The summed E-state index contributed by atoms with van der Waals surface area (Å²) < 4.78 is 6.18. The van der Waals surface area contributed by atoms with E-state index < -0.39 is 0 Å². The van der Waals surface area contributed by atoms with Gasteiger partial charge in [-0.2, -0.15) is 0 Å². The Kier molecular flexibility index (Phi) is 3.77. The van der Waals surface area contributed by atoms with Gasteiger partial charge in [-0.15, -0.1) is 11.3 Å². The predicted molar refractivity (Wildman–Crippen MR) is 77.4 cm³/mol. The summed E-state index contributed by atoms with van der Waals surface area (Å²) in [6.45, 7) is 2.71. The number of hydrogen-bond donors (Lipinski definition) is 2. The molecular formula is C12H14N4O3S. The van der Waals surface area contributed by atoms with E-state index in [1.807, 2.05) is 6.07 Å². The second kappa shape index (κ2) is 5.70. The van der Waals surface area contributed by atoms with Crippen LogP contribution in [0.3, 0.4) is 0 Å². The molecule has 0 saturated carbocycles. The fourth-order valence-electron chi connectivity index (χ4n) is 2.23. The topological polar surface area (TPSA) is 89.3 Å². The lowest BCUT2D eigenvalue weighted by Gasteiger charge is -2.24. The third-order valence-electron chi connectivity index (χ3n) is 3.20. The molecule has 0 radical (unpaired) electrons. The van der Waals surface area contributed by atoms with Gasteiger partial charge in [0.1, 0.15) is 5.69 Å². The van der Waals surface area contributed by atoms with Crippen molar-refractivity contribution in [2.45, 2.75) is 6.04 Å². The Morgan fingerprint density at radius 1 is 1.60 bits per heavy atom. The SMILES string of the molecule is O=[N+]([O-])c1c(NCC2COCCN2)ccc2scnc12. The van der Waals surface area contributed by atoms with Gasteiger partial charge in [0.25, 0.3) is 0 Å². The molecule has 0 aliphatic carbocycles. The Labute approximate surface area is 119 Å². The van der Waals surface area contributed by atoms with Crippen molar-refractivity contribution in [2.75, 3.05) is 31.6 Å². The van der Waals surface area contributed by atoms with Crippen molar-refractivity contribution in [3.8, 4) is 0 Å². The zero-order chi connectivity index (χ0) is 13.9. The normalized spacial score (nSPS) is 19.1. The molecule has 1 aromatic carbocycles. The van der Waals surface area contributed by atoms with E-state index in [0.29, 0.717) is 31.0 Å². The summed E-state index contributed by atoms with van der Waals surface area (Å²) in [6, 6.07) is 3.75.